The number of carbonyl (C=O) groups is 2. The zero-order chi connectivity index (χ0) is 31.5. The van der Waals surface area contributed by atoms with Crippen LogP contribution in [0.1, 0.15) is 206 Å². The van der Waals surface area contributed by atoms with Crippen LogP contribution in [0, 0.1) is 0 Å². The van der Waals surface area contributed by atoms with Gasteiger partial charge in [-0.25, -0.2) is 0 Å². The van der Waals surface area contributed by atoms with Crippen LogP contribution in [-0.4, -0.2) is 23.1 Å². The number of carboxylic acids is 1. The molecular formula is C39H72O4. The van der Waals surface area contributed by atoms with Crippen LogP contribution < -0.4 is 0 Å². The van der Waals surface area contributed by atoms with Crippen molar-refractivity contribution in [3.8, 4) is 0 Å². The number of hydrogen-bond donors (Lipinski definition) is 1. The van der Waals surface area contributed by atoms with E-state index in [2.05, 4.69) is 32.1 Å². The van der Waals surface area contributed by atoms with Crippen molar-refractivity contribution in [2.24, 2.45) is 0 Å². The summed E-state index contributed by atoms with van der Waals surface area (Å²) in [4.78, 5) is 23.2. The molecule has 0 saturated carbocycles. The van der Waals surface area contributed by atoms with Crippen molar-refractivity contribution in [1.29, 1.82) is 0 Å². The van der Waals surface area contributed by atoms with E-state index in [-0.39, 0.29) is 18.5 Å². The summed E-state index contributed by atoms with van der Waals surface area (Å²) >= 11 is 0. The molecule has 0 aliphatic rings. The van der Waals surface area contributed by atoms with Gasteiger partial charge >= 0.3 is 11.9 Å². The monoisotopic (exact) mass is 605 g/mol. The van der Waals surface area contributed by atoms with Gasteiger partial charge in [0.15, 0.2) is 0 Å². The first-order valence-corrected chi connectivity index (χ1v) is 18.8. The predicted molar refractivity (Wildman–Crippen MR) is 186 cm³/mol. The minimum atomic E-state index is -0.726. The van der Waals surface area contributed by atoms with Gasteiger partial charge < -0.3 is 9.84 Å². The number of ether oxygens (including phenoxy) is 1. The normalized spacial score (nSPS) is 12.4. The molecule has 4 heteroatoms. The predicted octanol–water partition coefficient (Wildman–Crippen LogP) is 12.8. The van der Waals surface area contributed by atoms with Crippen LogP contribution >= 0.6 is 0 Å². The lowest BCUT2D eigenvalue weighted by Crippen LogP contribution is -2.16. The minimum absolute atomic E-state index is 0.0792. The van der Waals surface area contributed by atoms with Crippen LogP contribution in [0.5, 0.6) is 0 Å². The molecule has 1 N–H and O–H groups in total. The third kappa shape index (κ3) is 34.8. The Morgan fingerprint density at radius 3 is 1.44 bits per heavy atom. The van der Waals surface area contributed by atoms with E-state index in [0.29, 0.717) is 6.42 Å². The molecule has 4 nitrogen and oxygen atoms in total. The van der Waals surface area contributed by atoms with Crippen molar-refractivity contribution < 1.29 is 19.4 Å². The van der Waals surface area contributed by atoms with E-state index < -0.39 is 5.97 Å². The molecule has 0 aromatic heterocycles. The molecule has 1 atom stereocenters. The summed E-state index contributed by atoms with van der Waals surface area (Å²) in [5.74, 6) is -0.805. The van der Waals surface area contributed by atoms with Crippen molar-refractivity contribution in [3.05, 3.63) is 24.3 Å². The van der Waals surface area contributed by atoms with Gasteiger partial charge in [-0.15, -0.1) is 0 Å². The van der Waals surface area contributed by atoms with E-state index in [4.69, 9.17) is 9.84 Å². The minimum Gasteiger partial charge on any atom is -0.481 e. The van der Waals surface area contributed by atoms with Crippen LogP contribution in [0.2, 0.25) is 0 Å². The number of carboxylic acid groups (broad SMARTS) is 1. The third-order valence-electron chi connectivity index (χ3n) is 8.39. The number of carbonyl (C=O) groups excluding carboxylic acids is 1. The molecule has 0 amide bonds. The lowest BCUT2D eigenvalue weighted by molar-refractivity contribution is -0.147. The van der Waals surface area contributed by atoms with Gasteiger partial charge in [-0.05, 0) is 44.6 Å². The molecule has 0 fully saturated rings. The summed E-state index contributed by atoms with van der Waals surface area (Å²) in [5.41, 5.74) is 0. The lowest BCUT2D eigenvalue weighted by Gasteiger charge is -2.14. The highest BCUT2D eigenvalue weighted by Gasteiger charge is 2.11. The highest BCUT2D eigenvalue weighted by molar-refractivity contribution is 5.69. The quantitative estimate of drug-likeness (QED) is 0.0451. The van der Waals surface area contributed by atoms with Gasteiger partial charge in [-0.2, -0.15) is 0 Å². The molecule has 0 rings (SSSR count). The molecule has 0 bridgehead atoms. The summed E-state index contributed by atoms with van der Waals surface area (Å²) in [6.07, 6.45) is 43.7. The van der Waals surface area contributed by atoms with Gasteiger partial charge in [-0.3, -0.25) is 9.59 Å². The molecule has 1 unspecified atom stereocenters. The lowest BCUT2D eigenvalue weighted by atomic mass is 10.0. The molecular weight excluding hydrogens is 532 g/mol. The summed E-state index contributed by atoms with van der Waals surface area (Å²) in [5, 5.41) is 8.79. The first kappa shape index (κ1) is 41.4. The fourth-order valence-corrected chi connectivity index (χ4v) is 5.61. The molecule has 43 heavy (non-hydrogen) atoms. The average molecular weight is 605 g/mol. The van der Waals surface area contributed by atoms with Crippen LogP contribution in [-0.2, 0) is 14.3 Å². The van der Waals surface area contributed by atoms with E-state index in [0.717, 1.165) is 64.2 Å². The van der Waals surface area contributed by atoms with Crippen LogP contribution in [0.3, 0.4) is 0 Å². The van der Waals surface area contributed by atoms with Crippen molar-refractivity contribution in [2.45, 2.75) is 213 Å². The number of esters is 1. The standard InChI is InChI=1S/C39H72O4/c1-3-5-7-9-11-12-13-14-15-16-17-18-19-20-21-22-23-24-26-32-36-39(42)43-37(33-29-25-10-8-6-4-2)34-30-27-28-31-35-38(40)41/h8,10,29,33,37H,3-7,9,11-28,30-32,34-36H2,1-2H3,(H,40,41)/b10-8-,33-29-. The van der Waals surface area contributed by atoms with Gasteiger partial charge in [0.2, 0.25) is 0 Å². The van der Waals surface area contributed by atoms with Crippen LogP contribution in [0.15, 0.2) is 24.3 Å². The molecule has 0 aliphatic carbocycles. The Labute approximate surface area is 267 Å². The topological polar surface area (TPSA) is 63.6 Å². The Hall–Kier alpha value is -1.58. The summed E-state index contributed by atoms with van der Waals surface area (Å²) in [6.45, 7) is 4.46. The number of allylic oxidation sites excluding steroid dienone is 3. The zero-order valence-electron chi connectivity index (χ0n) is 28.8. The Morgan fingerprint density at radius 1 is 0.535 bits per heavy atom. The Kier molecular flexibility index (Phi) is 33.6. The molecule has 0 spiro atoms. The van der Waals surface area contributed by atoms with Crippen molar-refractivity contribution in [3.63, 3.8) is 0 Å². The zero-order valence-corrected chi connectivity index (χ0v) is 28.8. The molecule has 0 aromatic rings. The smallest absolute Gasteiger partial charge is 0.306 e. The Morgan fingerprint density at radius 2 is 0.977 bits per heavy atom. The van der Waals surface area contributed by atoms with E-state index in [1.807, 2.05) is 6.08 Å². The SMILES string of the molecule is CCC/C=C\C/C=C\C(CCCCCCC(=O)O)OC(=O)CCCCCCCCCCCCCCCCCCCCCC. The van der Waals surface area contributed by atoms with Crippen molar-refractivity contribution >= 4 is 11.9 Å². The molecule has 0 aliphatic heterocycles. The van der Waals surface area contributed by atoms with E-state index in [9.17, 15) is 9.59 Å². The van der Waals surface area contributed by atoms with E-state index in [1.54, 1.807) is 0 Å². The molecule has 0 aromatic carbocycles. The first-order valence-electron chi connectivity index (χ1n) is 18.8. The fraction of sp³-hybridized carbons (Fsp3) is 0.846. The highest BCUT2D eigenvalue weighted by Crippen LogP contribution is 2.16. The molecule has 0 saturated heterocycles. The van der Waals surface area contributed by atoms with Gasteiger partial charge in [0.1, 0.15) is 6.10 Å². The number of aliphatic carboxylic acids is 1. The van der Waals surface area contributed by atoms with Crippen molar-refractivity contribution in [1.82, 2.24) is 0 Å². The second kappa shape index (κ2) is 34.9. The number of hydrogen-bond acceptors (Lipinski definition) is 3. The maximum Gasteiger partial charge on any atom is 0.306 e. The highest BCUT2D eigenvalue weighted by atomic mass is 16.5. The van der Waals surface area contributed by atoms with Crippen molar-refractivity contribution in [2.75, 3.05) is 0 Å². The average Bonchev–Trinajstić information content (AvgIpc) is 2.99. The summed E-state index contributed by atoms with van der Waals surface area (Å²) in [6, 6.07) is 0. The van der Waals surface area contributed by atoms with Crippen LogP contribution in [0.25, 0.3) is 0 Å². The second-order valence-corrected chi connectivity index (χ2v) is 12.8. The Bertz CT molecular complexity index is 654. The van der Waals surface area contributed by atoms with Gasteiger partial charge in [-0.1, -0.05) is 173 Å². The maximum atomic E-state index is 12.5. The van der Waals surface area contributed by atoms with E-state index in [1.165, 1.54) is 116 Å². The fourth-order valence-electron chi connectivity index (χ4n) is 5.61. The van der Waals surface area contributed by atoms with Gasteiger partial charge in [0.05, 0.1) is 0 Å². The first-order chi connectivity index (χ1) is 21.1. The molecule has 0 heterocycles. The molecule has 252 valence electrons. The third-order valence-corrected chi connectivity index (χ3v) is 8.39. The van der Waals surface area contributed by atoms with Gasteiger partial charge in [0, 0.05) is 12.8 Å². The number of unbranched alkanes of at least 4 members (excludes halogenated alkanes) is 23. The largest absolute Gasteiger partial charge is 0.481 e. The Balaban J connectivity index is 3.77. The summed E-state index contributed by atoms with van der Waals surface area (Å²) < 4.78 is 5.82. The summed E-state index contributed by atoms with van der Waals surface area (Å²) in [7, 11) is 0. The second-order valence-electron chi connectivity index (χ2n) is 12.8. The van der Waals surface area contributed by atoms with Crippen LogP contribution in [0.4, 0.5) is 0 Å². The maximum absolute atomic E-state index is 12.5. The van der Waals surface area contributed by atoms with E-state index >= 15 is 0 Å². The molecule has 0 radical (unpaired) electrons. The number of rotatable bonds is 34. The van der Waals surface area contributed by atoms with Gasteiger partial charge in [0.25, 0.3) is 0 Å².